The maximum Gasteiger partial charge on any atom is 0.204 e. The molecular formula is C17H18N2O4S2. The first-order valence-electron chi connectivity index (χ1n) is 8.05. The molecule has 2 aliphatic heterocycles. The number of ether oxygens (including phenoxy) is 1. The minimum absolute atomic E-state index is 0.149. The lowest BCUT2D eigenvalue weighted by molar-refractivity contribution is 0.104. The number of benzene rings is 1. The van der Waals surface area contributed by atoms with Gasteiger partial charge in [0.15, 0.2) is 15.0 Å². The van der Waals surface area contributed by atoms with E-state index >= 15 is 0 Å². The first-order valence-corrected chi connectivity index (χ1v) is 10.8. The van der Waals surface area contributed by atoms with Gasteiger partial charge >= 0.3 is 0 Å². The minimum Gasteiger partial charge on any atom is -0.381 e. The van der Waals surface area contributed by atoms with Crippen molar-refractivity contribution >= 4 is 32.1 Å². The number of ketones is 1. The third kappa shape index (κ3) is 3.21. The number of nitrogens with zero attached hydrogens (tertiary/aromatic N) is 2. The van der Waals surface area contributed by atoms with Crippen molar-refractivity contribution in [3.8, 4) is 0 Å². The van der Waals surface area contributed by atoms with Crippen LogP contribution in [-0.2, 0) is 14.6 Å². The van der Waals surface area contributed by atoms with Crippen LogP contribution in [0, 0.1) is 11.8 Å². The largest absolute Gasteiger partial charge is 0.381 e. The van der Waals surface area contributed by atoms with E-state index < -0.39 is 9.84 Å². The van der Waals surface area contributed by atoms with E-state index in [-0.39, 0.29) is 10.7 Å². The standard InChI is InChI=1S/C17H18N2O4S2/c1-25(21,22)14-4-2-3-11(5-14)16(20)15-6-18-17(24-15)19-7-12-9-23-10-13(12)8-19/h2-6,12-13H,7-10H2,1H3. The highest BCUT2D eigenvalue weighted by Crippen LogP contribution is 2.34. The van der Waals surface area contributed by atoms with Gasteiger partial charge in [0.25, 0.3) is 0 Å². The molecular weight excluding hydrogens is 360 g/mol. The highest BCUT2D eigenvalue weighted by atomic mass is 32.2. The average molecular weight is 378 g/mol. The van der Waals surface area contributed by atoms with E-state index in [1.807, 2.05) is 0 Å². The minimum atomic E-state index is -3.34. The molecule has 2 unspecified atom stereocenters. The number of thiazole rings is 1. The zero-order valence-corrected chi connectivity index (χ0v) is 15.3. The summed E-state index contributed by atoms with van der Waals surface area (Å²) in [6.45, 7) is 3.43. The zero-order chi connectivity index (χ0) is 17.6. The Morgan fingerprint density at radius 1 is 1.28 bits per heavy atom. The predicted octanol–water partition coefficient (Wildman–Crippen LogP) is 1.86. The Bertz CT molecular complexity index is 910. The number of sulfone groups is 1. The molecule has 0 N–H and O–H groups in total. The van der Waals surface area contributed by atoms with Crippen molar-refractivity contribution in [1.29, 1.82) is 0 Å². The van der Waals surface area contributed by atoms with Gasteiger partial charge in [0, 0.05) is 36.7 Å². The molecule has 0 aliphatic carbocycles. The Balaban J connectivity index is 1.55. The van der Waals surface area contributed by atoms with Crippen LogP contribution in [0.25, 0.3) is 0 Å². The van der Waals surface area contributed by atoms with Crippen LogP contribution in [0.15, 0.2) is 35.4 Å². The maximum atomic E-state index is 12.7. The van der Waals surface area contributed by atoms with Gasteiger partial charge < -0.3 is 9.64 Å². The van der Waals surface area contributed by atoms with Gasteiger partial charge in [-0.1, -0.05) is 23.5 Å². The van der Waals surface area contributed by atoms with Crippen LogP contribution in [0.4, 0.5) is 5.13 Å². The van der Waals surface area contributed by atoms with Crippen molar-refractivity contribution in [1.82, 2.24) is 4.98 Å². The normalized spacial score (nSPS) is 23.0. The number of carbonyl (C=O) groups excluding carboxylic acids is 1. The van der Waals surface area contributed by atoms with Crippen LogP contribution in [0.3, 0.4) is 0 Å². The maximum absolute atomic E-state index is 12.7. The first-order chi connectivity index (χ1) is 11.9. The number of carbonyl (C=O) groups is 1. The van der Waals surface area contributed by atoms with Gasteiger partial charge in [-0.3, -0.25) is 4.79 Å². The van der Waals surface area contributed by atoms with Crippen molar-refractivity contribution in [2.75, 3.05) is 37.5 Å². The summed E-state index contributed by atoms with van der Waals surface area (Å²) in [7, 11) is -3.34. The molecule has 0 bridgehead atoms. The van der Waals surface area contributed by atoms with Gasteiger partial charge in [0.2, 0.25) is 5.78 Å². The van der Waals surface area contributed by atoms with Crippen LogP contribution in [0.2, 0.25) is 0 Å². The number of anilines is 1. The summed E-state index contributed by atoms with van der Waals surface area (Å²) in [5.74, 6) is 0.904. The second kappa shape index (κ2) is 6.19. The van der Waals surface area contributed by atoms with Gasteiger partial charge in [-0.15, -0.1) is 0 Å². The molecule has 2 atom stereocenters. The summed E-state index contributed by atoms with van der Waals surface area (Å²) >= 11 is 1.36. The van der Waals surface area contributed by atoms with Gasteiger partial charge in [-0.2, -0.15) is 0 Å². The van der Waals surface area contributed by atoms with E-state index in [4.69, 9.17) is 4.74 Å². The molecule has 132 valence electrons. The molecule has 4 rings (SSSR count). The summed E-state index contributed by atoms with van der Waals surface area (Å²) in [5.41, 5.74) is 0.366. The lowest BCUT2D eigenvalue weighted by Gasteiger charge is -2.15. The quantitative estimate of drug-likeness (QED) is 0.756. The SMILES string of the molecule is CS(=O)(=O)c1cccc(C(=O)c2cnc(N3CC4COCC4C3)s2)c1. The summed E-state index contributed by atoms with van der Waals surface area (Å²) < 4.78 is 28.8. The summed E-state index contributed by atoms with van der Waals surface area (Å²) in [6, 6.07) is 6.14. The Labute approximate surface area is 150 Å². The van der Waals surface area contributed by atoms with Gasteiger partial charge in [-0.25, -0.2) is 13.4 Å². The molecule has 1 aromatic heterocycles. The van der Waals surface area contributed by atoms with Crippen LogP contribution in [0.1, 0.15) is 15.2 Å². The highest BCUT2D eigenvalue weighted by Gasteiger charge is 2.38. The molecule has 2 fully saturated rings. The highest BCUT2D eigenvalue weighted by molar-refractivity contribution is 7.90. The van der Waals surface area contributed by atoms with Crippen molar-refractivity contribution in [2.24, 2.45) is 11.8 Å². The lowest BCUT2D eigenvalue weighted by Crippen LogP contribution is -2.21. The van der Waals surface area contributed by atoms with Crippen molar-refractivity contribution < 1.29 is 17.9 Å². The third-order valence-corrected chi connectivity index (χ3v) is 6.92. The fourth-order valence-electron chi connectivity index (χ4n) is 3.37. The fourth-order valence-corrected chi connectivity index (χ4v) is 4.93. The molecule has 2 aliphatic rings. The molecule has 2 aromatic rings. The molecule has 25 heavy (non-hydrogen) atoms. The van der Waals surface area contributed by atoms with Crippen LogP contribution in [-0.4, -0.2) is 51.7 Å². The molecule has 6 nitrogen and oxygen atoms in total. The molecule has 0 amide bonds. The van der Waals surface area contributed by atoms with E-state index in [1.54, 1.807) is 18.3 Å². The Morgan fingerprint density at radius 2 is 2.00 bits per heavy atom. The third-order valence-electron chi connectivity index (χ3n) is 4.75. The molecule has 2 saturated heterocycles. The zero-order valence-electron chi connectivity index (χ0n) is 13.7. The Morgan fingerprint density at radius 3 is 2.68 bits per heavy atom. The second-order valence-corrected chi connectivity index (χ2v) is 9.62. The number of hydrogen-bond donors (Lipinski definition) is 0. The Hall–Kier alpha value is -1.77. The summed E-state index contributed by atoms with van der Waals surface area (Å²) in [5, 5.41) is 0.844. The molecule has 1 aromatic carbocycles. The first kappa shape index (κ1) is 16.7. The second-order valence-electron chi connectivity index (χ2n) is 6.60. The van der Waals surface area contributed by atoms with Gasteiger partial charge in [-0.05, 0) is 12.1 Å². The van der Waals surface area contributed by atoms with Crippen molar-refractivity contribution in [2.45, 2.75) is 4.90 Å². The Kier molecular flexibility index (Phi) is 4.13. The summed E-state index contributed by atoms with van der Waals surface area (Å²) in [6.07, 6.45) is 2.72. The lowest BCUT2D eigenvalue weighted by atomic mass is 10.0. The van der Waals surface area contributed by atoms with Gasteiger partial charge in [0.1, 0.15) is 0 Å². The van der Waals surface area contributed by atoms with E-state index in [1.165, 1.54) is 23.5 Å². The number of aromatic nitrogens is 1. The predicted molar refractivity (Wildman–Crippen MR) is 95.1 cm³/mol. The molecule has 8 heteroatoms. The van der Waals surface area contributed by atoms with Crippen LogP contribution in [0.5, 0.6) is 0 Å². The topological polar surface area (TPSA) is 76.6 Å². The van der Waals surface area contributed by atoms with Crippen molar-refractivity contribution in [3.05, 3.63) is 40.9 Å². The smallest absolute Gasteiger partial charge is 0.204 e. The molecule has 0 radical (unpaired) electrons. The van der Waals surface area contributed by atoms with E-state index in [0.717, 1.165) is 37.7 Å². The summed E-state index contributed by atoms with van der Waals surface area (Å²) in [4.78, 5) is 20.0. The van der Waals surface area contributed by atoms with E-state index in [9.17, 15) is 13.2 Å². The van der Waals surface area contributed by atoms with E-state index in [2.05, 4.69) is 9.88 Å². The monoisotopic (exact) mass is 378 g/mol. The van der Waals surface area contributed by atoms with Crippen LogP contribution >= 0.6 is 11.3 Å². The van der Waals surface area contributed by atoms with Crippen LogP contribution < -0.4 is 4.90 Å². The fraction of sp³-hybridized carbons (Fsp3) is 0.412. The van der Waals surface area contributed by atoms with Gasteiger partial charge in [0.05, 0.1) is 29.2 Å². The number of hydrogen-bond acceptors (Lipinski definition) is 7. The number of rotatable bonds is 4. The average Bonchev–Trinajstić information content (AvgIpc) is 3.28. The van der Waals surface area contributed by atoms with E-state index in [0.29, 0.717) is 22.3 Å². The number of fused-ring (bicyclic) bond motifs is 1. The molecule has 0 spiro atoms. The van der Waals surface area contributed by atoms with Crippen molar-refractivity contribution in [3.63, 3.8) is 0 Å². The molecule has 0 saturated carbocycles. The molecule has 3 heterocycles.